The van der Waals surface area contributed by atoms with Crippen LogP contribution in [0.1, 0.15) is 29.4 Å². The molecule has 3 N–H and O–H groups in total. The van der Waals surface area contributed by atoms with Crippen LogP contribution in [0.4, 0.5) is 13.2 Å². The van der Waals surface area contributed by atoms with Crippen molar-refractivity contribution in [3.63, 3.8) is 0 Å². The smallest absolute Gasteiger partial charge is 0.227 e. The van der Waals surface area contributed by atoms with Gasteiger partial charge in [-0.2, -0.15) is 0 Å². The molecule has 5 nitrogen and oxygen atoms in total. The van der Waals surface area contributed by atoms with Gasteiger partial charge in [0.2, 0.25) is 17.1 Å². The van der Waals surface area contributed by atoms with Gasteiger partial charge in [0.25, 0.3) is 0 Å². The molecular formula is C15H12F3NO4. The van der Waals surface area contributed by atoms with E-state index in [1.165, 1.54) is 6.92 Å². The van der Waals surface area contributed by atoms with E-state index in [0.717, 1.165) is 6.07 Å². The first-order chi connectivity index (χ1) is 10.7. The highest BCUT2D eigenvalue weighted by molar-refractivity contribution is 5.75. The van der Waals surface area contributed by atoms with Crippen LogP contribution in [0, 0.1) is 24.4 Å². The Morgan fingerprint density at radius 2 is 1.83 bits per heavy atom. The molecule has 0 bridgehead atoms. The van der Waals surface area contributed by atoms with E-state index in [2.05, 4.69) is 0 Å². The highest BCUT2D eigenvalue weighted by Gasteiger charge is 2.27. The number of halogens is 3. The summed E-state index contributed by atoms with van der Waals surface area (Å²) >= 11 is 0. The summed E-state index contributed by atoms with van der Waals surface area (Å²) in [5, 5.41) is 9.84. The predicted molar refractivity (Wildman–Crippen MR) is 73.4 cm³/mol. The maximum atomic E-state index is 13.4. The minimum absolute atomic E-state index is 0.111. The zero-order valence-corrected chi connectivity index (χ0v) is 11.9. The number of carbonyl (C=O) groups is 1. The van der Waals surface area contributed by atoms with Crippen molar-refractivity contribution in [3.8, 4) is 5.75 Å². The summed E-state index contributed by atoms with van der Waals surface area (Å²) in [7, 11) is 0. The van der Waals surface area contributed by atoms with Crippen molar-refractivity contribution in [2.75, 3.05) is 0 Å². The number of hydrogen-bond acceptors (Lipinski definition) is 4. The summed E-state index contributed by atoms with van der Waals surface area (Å²) in [5.41, 5.74) is 4.10. The Morgan fingerprint density at radius 1 is 1.26 bits per heavy atom. The zero-order valence-electron chi connectivity index (χ0n) is 11.9. The number of aromatic hydroxyl groups is 1. The number of primary amides is 1. The van der Waals surface area contributed by atoms with E-state index in [-0.39, 0.29) is 17.1 Å². The van der Waals surface area contributed by atoms with Gasteiger partial charge in [-0.25, -0.2) is 13.2 Å². The van der Waals surface area contributed by atoms with Gasteiger partial charge in [0.15, 0.2) is 23.2 Å². The Balaban J connectivity index is 2.68. The zero-order chi connectivity index (χ0) is 17.3. The first kappa shape index (κ1) is 16.6. The molecule has 1 aromatic carbocycles. The molecule has 0 unspecified atom stereocenters. The third-order valence-corrected chi connectivity index (χ3v) is 3.20. The minimum Gasteiger partial charge on any atom is -0.502 e. The summed E-state index contributed by atoms with van der Waals surface area (Å²) in [6.07, 6.45) is -0.509. The molecule has 1 heterocycles. The van der Waals surface area contributed by atoms with Crippen LogP contribution in [0.3, 0.4) is 0 Å². The third kappa shape index (κ3) is 3.36. The van der Waals surface area contributed by atoms with Crippen molar-refractivity contribution in [3.05, 3.63) is 63.0 Å². The average Bonchev–Trinajstić information content (AvgIpc) is 2.45. The predicted octanol–water partition coefficient (Wildman–Crippen LogP) is 2.08. The van der Waals surface area contributed by atoms with Crippen LogP contribution in [0.15, 0.2) is 27.4 Å². The largest absolute Gasteiger partial charge is 0.502 e. The van der Waals surface area contributed by atoms with Gasteiger partial charge in [0.1, 0.15) is 5.76 Å². The van der Waals surface area contributed by atoms with Crippen LogP contribution in [-0.4, -0.2) is 11.0 Å². The fourth-order valence-electron chi connectivity index (χ4n) is 2.20. The summed E-state index contributed by atoms with van der Waals surface area (Å²) < 4.78 is 45.2. The standard InChI is InChI=1S/C15H12F3NO4/c1-6-2-11(20)14(22)15(23-6)8(5-12(19)21)7-3-9(16)13(18)10(17)4-7/h2-4,8,22H,5H2,1H3,(H2,19,21)/t8-/m1/s1. The topological polar surface area (TPSA) is 93.5 Å². The van der Waals surface area contributed by atoms with E-state index >= 15 is 0 Å². The van der Waals surface area contributed by atoms with E-state index in [9.17, 15) is 27.9 Å². The van der Waals surface area contributed by atoms with Gasteiger partial charge in [-0.3, -0.25) is 9.59 Å². The minimum atomic E-state index is -1.68. The maximum absolute atomic E-state index is 13.4. The van der Waals surface area contributed by atoms with Crippen molar-refractivity contribution in [1.82, 2.24) is 0 Å². The average molecular weight is 327 g/mol. The quantitative estimate of drug-likeness (QED) is 0.841. The highest BCUT2D eigenvalue weighted by Crippen LogP contribution is 2.34. The highest BCUT2D eigenvalue weighted by atomic mass is 19.2. The number of rotatable bonds is 4. The summed E-state index contributed by atoms with van der Waals surface area (Å²) in [5.74, 6) is -7.84. The number of benzene rings is 1. The van der Waals surface area contributed by atoms with Crippen molar-refractivity contribution in [2.45, 2.75) is 19.3 Å². The number of amides is 1. The van der Waals surface area contributed by atoms with Crippen LogP contribution in [0.2, 0.25) is 0 Å². The molecule has 0 fully saturated rings. The first-order valence-electron chi connectivity index (χ1n) is 6.47. The van der Waals surface area contributed by atoms with Crippen LogP contribution >= 0.6 is 0 Å². The molecule has 0 saturated carbocycles. The van der Waals surface area contributed by atoms with E-state index in [1.807, 2.05) is 0 Å². The molecule has 2 aromatic rings. The molecule has 1 atom stereocenters. The third-order valence-electron chi connectivity index (χ3n) is 3.20. The van der Waals surface area contributed by atoms with Gasteiger partial charge in [-0.05, 0) is 24.6 Å². The lowest BCUT2D eigenvalue weighted by Gasteiger charge is -2.17. The van der Waals surface area contributed by atoms with Crippen LogP contribution in [0.25, 0.3) is 0 Å². The second kappa shape index (κ2) is 6.15. The lowest BCUT2D eigenvalue weighted by molar-refractivity contribution is -0.118. The van der Waals surface area contributed by atoms with Crippen LogP contribution < -0.4 is 11.2 Å². The van der Waals surface area contributed by atoms with Crippen molar-refractivity contribution < 1.29 is 27.5 Å². The summed E-state index contributed by atoms with van der Waals surface area (Å²) in [6, 6.07) is 2.30. The summed E-state index contributed by atoms with van der Waals surface area (Å²) in [6.45, 7) is 1.41. The molecule has 2 rings (SSSR count). The molecule has 8 heteroatoms. The summed E-state index contributed by atoms with van der Waals surface area (Å²) in [4.78, 5) is 22.9. The fourth-order valence-corrected chi connectivity index (χ4v) is 2.20. The Labute approximate surface area is 128 Å². The number of hydrogen-bond donors (Lipinski definition) is 2. The molecule has 122 valence electrons. The van der Waals surface area contributed by atoms with Gasteiger partial charge in [-0.1, -0.05) is 0 Å². The molecule has 1 aromatic heterocycles. The van der Waals surface area contributed by atoms with E-state index in [0.29, 0.717) is 12.1 Å². The molecule has 0 aliphatic rings. The number of nitrogens with two attached hydrogens (primary N) is 1. The monoisotopic (exact) mass is 327 g/mol. The SMILES string of the molecule is Cc1cc(=O)c(O)c([C@H](CC(N)=O)c2cc(F)c(F)c(F)c2)o1. The molecule has 0 aliphatic heterocycles. The van der Waals surface area contributed by atoms with E-state index in [1.54, 1.807) is 0 Å². The van der Waals surface area contributed by atoms with Crippen molar-refractivity contribution in [2.24, 2.45) is 5.73 Å². The molecule has 0 spiro atoms. The number of carbonyl (C=O) groups excluding carboxylic acids is 1. The lowest BCUT2D eigenvalue weighted by atomic mass is 9.91. The van der Waals surface area contributed by atoms with E-state index in [4.69, 9.17) is 10.2 Å². The van der Waals surface area contributed by atoms with Gasteiger partial charge in [0, 0.05) is 12.5 Å². The van der Waals surface area contributed by atoms with Gasteiger partial charge >= 0.3 is 0 Å². The second-order valence-electron chi connectivity index (χ2n) is 4.96. The van der Waals surface area contributed by atoms with Gasteiger partial charge in [-0.15, -0.1) is 0 Å². The molecule has 0 aliphatic carbocycles. The number of aryl methyl sites for hydroxylation is 1. The normalized spacial score (nSPS) is 12.2. The van der Waals surface area contributed by atoms with Gasteiger partial charge < -0.3 is 15.3 Å². The van der Waals surface area contributed by atoms with Crippen LogP contribution in [-0.2, 0) is 4.79 Å². The van der Waals surface area contributed by atoms with E-state index < -0.39 is 46.9 Å². The Kier molecular flexibility index (Phi) is 4.44. The fraction of sp³-hybridized carbons (Fsp3) is 0.200. The maximum Gasteiger partial charge on any atom is 0.227 e. The lowest BCUT2D eigenvalue weighted by Crippen LogP contribution is -2.18. The first-order valence-corrected chi connectivity index (χ1v) is 6.47. The molecule has 0 radical (unpaired) electrons. The molecular weight excluding hydrogens is 315 g/mol. The molecule has 0 saturated heterocycles. The van der Waals surface area contributed by atoms with Crippen molar-refractivity contribution >= 4 is 5.91 Å². The molecule has 23 heavy (non-hydrogen) atoms. The Bertz CT molecular complexity index is 809. The van der Waals surface area contributed by atoms with Crippen LogP contribution in [0.5, 0.6) is 5.75 Å². The Hall–Kier alpha value is -2.77. The Morgan fingerprint density at radius 3 is 2.35 bits per heavy atom. The molecule has 1 amide bonds. The second-order valence-corrected chi connectivity index (χ2v) is 4.96. The van der Waals surface area contributed by atoms with Gasteiger partial charge in [0.05, 0.1) is 5.92 Å². The van der Waals surface area contributed by atoms with Crippen molar-refractivity contribution in [1.29, 1.82) is 0 Å².